The molecule has 0 radical (unpaired) electrons. The molecule has 4 heteroatoms. The van der Waals surface area contributed by atoms with Crippen LogP contribution in [0.25, 0.3) is 111 Å². The van der Waals surface area contributed by atoms with Crippen molar-refractivity contribution in [3.63, 3.8) is 0 Å². The highest BCUT2D eigenvalue weighted by Gasteiger charge is 2.25. The molecule has 4 nitrogen and oxygen atoms in total. The Hall–Kier alpha value is -8.00. The maximum absolute atomic E-state index is 9.43. The summed E-state index contributed by atoms with van der Waals surface area (Å²) in [4.78, 5) is 14.9. The molecule has 0 saturated carbocycles. The molecular weight excluding hydrogens is 705 g/mol. The zero-order valence-corrected chi connectivity index (χ0v) is 31.3. The van der Waals surface area contributed by atoms with Gasteiger partial charge >= 0.3 is 0 Å². The Morgan fingerprint density at radius 2 is 0.638 bits per heavy atom. The van der Waals surface area contributed by atoms with Crippen LogP contribution in [0.3, 0.4) is 0 Å². The molecule has 1 aliphatic rings. The van der Waals surface area contributed by atoms with Crippen molar-refractivity contribution in [3.8, 4) is 95.9 Å². The lowest BCUT2D eigenvalue weighted by molar-refractivity contribution is 1.07. The van der Waals surface area contributed by atoms with Crippen molar-refractivity contribution in [2.45, 2.75) is 0 Å². The van der Waals surface area contributed by atoms with Crippen LogP contribution in [0.4, 0.5) is 0 Å². The summed E-state index contributed by atoms with van der Waals surface area (Å²) in [6.45, 7) is 0. The number of aromatic nitrogens is 3. The summed E-state index contributed by atoms with van der Waals surface area (Å²) in [6, 6.07) is 70.0. The second kappa shape index (κ2) is 13.6. The van der Waals surface area contributed by atoms with E-state index < -0.39 is 0 Å². The molecule has 0 saturated heterocycles. The first kappa shape index (κ1) is 33.3. The van der Waals surface area contributed by atoms with Gasteiger partial charge in [-0.15, -0.1) is 0 Å². The molecule has 9 aromatic carbocycles. The molecule has 0 amide bonds. The predicted octanol–water partition coefficient (Wildman–Crippen LogP) is 13.7. The van der Waals surface area contributed by atoms with Gasteiger partial charge in [0.1, 0.15) is 0 Å². The lowest BCUT2D eigenvalue weighted by Crippen LogP contribution is -2.00. The monoisotopic (exact) mass is 736 g/mol. The summed E-state index contributed by atoms with van der Waals surface area (Å²) in [5, 5.41) is 14.3. The highest BCUT2D eigenvalue weighted by atomic mass is 15.0. The molecule has 0 fully saturated rings. The average molecular weight is 737 g/mol. The van der Waals surface area contributed by atoms with E-state index in [1.54, 1.807) is 0 Å². The highest BCUT2D eigenvalue weighted by molar-refractivity contribution is 6.24. The summed E-state index contributed by atoms with van der Waals surface area (Å²) in [6.07, 6.45) is 0. The number of hydrogen-bond donors (Lipinski definition) is 0. The maximum atomic E-state index is 9.43. The fourth-order valence-corrected chi connectivity index (χ4v) is 8.61. The minimum absolute atomic E-state index is 0.629. The van der Waals surface area contributed by atoms with E-state index in [9.17, 15) is 5.26 Å². The summed E-state index contributed by atoms with van der Waals surface area (Å²) < 4.78 is 0. The third-order valence-electron chi connectivity index (χ3n) is 11.4. The van der Waals surface area contributed by atoms with Crippen LogP contribution in [0.2, 0.25) is 0 Å². The molecule has 1 heterocycles. The third-order valence-corrected chi connectivity index (χ3v) is 11.4. The van der Waals surface area contributed by atoms with Crippen molar-refractivity contribution >= 4 is 21.5 Å². The highest BCUT2D eigenvalue weighted by Crippen LogP contribution is 2.52. The van der Waals surface area contributed by atoms with E-state index in [-0.39, 0.29) is 0 Å². The Morgan fingerprint density at radius 3 is 1.19 bits per heavy atom. The molecule has 1 aliphatic carbocycles. The topological polar surface area (TPSA) is 62.5 Å². The van der Waals surface area contributed by atoms with Gasteiger partial charge < -0.3 is 0 Å². The Bertz CT molecular complexity index is 3170. The van der Waals surface area contributed by atoms with Crippen molar-refractivity contribution in [1.29, 1.82) is 5.26 Å². The normalized spacial score (nSPS) is 11.4. The van der Waals surface area contributed by atoms with E-state index in [4.69, 9.17) is 15.0 Å². The van der Waals surface area contributed by atoms with Gasteiger partial charge in [0, 0.05) is 16.7 Å². The minimum atomic E-state index is 0.629. The summed E-state index contributed by atoms with van der Waals surface area (Å²) in [5.41, 5.74) is 15.4. The van der Waals surface area contributed by atoms with E-state index in [1.807, 2.05) is 84.9 Å². The smallest absolute Gasteiger partial charge is 0.164 e. The average Bonchev–Trinajstić information content (AvgIpc) is 3.64. The number of hydrogen-bond acceptors (Lipinski definition) is 4. The predicted molar refractivity (Wildman–Crippen MR) is 237 cm³/mol. The maximum Gasteiger partial charge on any atom is 0.164 e. The zero-order chi connectivity index (χ0) is 38.6. The van der Waals surface area contributed by atoms with E-state index in [1.165, 1.54) is 60.5 Å². The van der Waals surface area contributed by atoms with Gasteiger partial charge in [0.05, 0.1) is 11.6 Å². The number of nitrogens with zero attached hydrogens (tertiary/aromatic N) is 4. The van der Waals surface area contributed by atoms with Gasteiger partial charge in [0.15, 0.2) is 17.5 Å². The van der Waals surface area contributed by atoms with E-state index in [0.29, 0.717) is 23.0 Å². The van der Waals surface area contributed by atoms with Crippen LogP contribution in [0.5, 0.6) is 0 Å². The number of rotatable bonds is 6. The summed E-state index contributed by atoms with van der Waals surface area (Å²) in [5.74, 6) is 1.91. The molecule has 0 N–H and O–H groups in total. The Balaban J connectivity index is 1.09. The van der Waals surface area contributed by atoms with Crippen molar-refractivity contribution in [3.05, 3.63) is 200 Å². The quantitative estimate of drug-likeness (QED) is 0.170. The lowest BCUT2D eigenvalue weighted by Gasteiger charge is -2.18. The summed E-state index contributed by atoms with van der Waals surface area (Å²) in [7, 11) is 0. The van der Waals surface area contributed by atoms with E-state index >= 15 is 0 Å². The van der Waals surface area contributed by atoms with Gasteiger partial charge in [-0.1, -0.05) is 182 Å². The molecule has 0 atom stereocenters. The number of nitriles is 1. The second-order valence-corrected chi connectivity index (χ2v) is 14.6. The van der Waals surface area contributed by atoms with Crippen LogP contribution in [-0.2, 0) is 0 Å². The van der Waals surface area contributed by atoms with Crippen LogP contribution in [0.15, 0.2) is 194 Å². The van der Waals surface area contributed by atoms with Crippen LogP contribution < -0.4 is 0 Å². The van der Waals surface area contributed by atoms with E-state index in [2.05, 4.69) is 115 Å². The molecule has 0 spiro atoms. The third kappa shape index (κ3) is 5.49. The SMILES string of the molecule is N#Cc1ccc(-c2ccc(-c3ccc4c5c(ccc(-c6ccc(-c7nc(-c8ccccc8)nc(-c8ccccc8)n7)cc6)c35)-c3ccccc3-4)c3ccccc23)cc1. The molecule has 0 aliphatic heterocycles. The van der Waals surface area contributed by atoms with Gasteiger partial charge in [-0.05, 0) is 89.3 Å². The number of benzene rings is 9. The Morgan fingerprint density at radius 1 is 0.276 bits per heavy atom. The van der Waals surface area contributed by atoms with Gasteiger partial charge in [0.25, 0.3) is 0 Å². The van der Waals surface area contributed by atoms with Crippen molar-refractivity contribution in [1.82, 2.24) is 15.0 Å². The molecule has 0 unspecified atom stereocenters. The molecule has 58 heavy (non-hydrogen) atoms. The minimum Gasteiger partial charge on any atom is -0.208 e. The fourth-order valence-electron chi connectivity index (χ4n) is 8.61. The van der Waals surface area contributed by atoms with Crippen LogP contribution in [0, 0.1) is 11.3 Å². The second-order valence-electron chi connectivity index (χ2n) is 14.6. The van der Waals surface area contributed by atoms with Crippen LogP contribution >= 0.6 is 0 Å². The fraction of sp³-hybridized carbons (Fsp3) is 0. The number of fused-ring (bicyclic) bond motifs is 4. The lowest BCUT2D eigenvalue weighted by atomic mass is 9.85. The van der Waals surface area contributed by atoms with E-state index in [0.717, 1.165) is 33.4 Å². The molecule has 11 rings (SSSR count). The van der Waals surface area contributed by atoms with Gasteiger partial charge in [0.2, 0.25) is 0 Å². The largest absolute Gasteiger partial charge is 0.208 e. The van der Waals surface area contributed by atoms with Crippen molar-refractivity contribution < 1.29 is 0 Å². The zero-order valence-electron chi connectivity index (χ0n) is 31.3. The molecule has 0 bridgehead atoms. The Kier molecular flexibility index (Phi) is 7.84. The van der Waals surface area contributed by atoms with Crippen molar-refractivity contribution in [2.75, 3.05) is 0 Å². The molecule has 1 aromatic heterocycles. The van der Waals surface area contributed by atoms with Crippen LogP contribution in [-0.4, -0.2) is 15.0 Å². The first-order valence-corrected chi connectivity index (χ1v) is 19.4. The standard InChI is InChI=1S/C54H32N4/c55-33-34-19-21-35(22-20-34)40-27-29-46(43-16-8-7-15-42(40)43)49-32-31-48-45-18-10-9-17-44(45)47-30-28-41(50(49)51(47)48)36-23-25-39(26-24-36)54-57-52(37-11-3-1-4-12-37)56-53(58-54)38-13-5-2-6-14-38/h1-32H. The van der Waals surface area contributed by atoms with Gasteiger partial charge in [-0.3, -0.25) is 0 Å². The van der Waals surface area contributed by atoms with Crippen LogP contribution in [0.1, 0.15) is 5.56 Å². The molecular formula is C54H32N4. The molecule has 268 valence electrons. The van der Waals surface area contributed by atoms with Gasteiger partial charge in [-0.25, -0.2) is 15.0 Å². The molecule has 10 aromatic rings. The first-order valence-electron chi connectivity index (χ1n) is 19.4. The summed E-state index contributed by atoms with van der Waals surface area (Å²) >= 11 is 0. The Labute approximate surface area is 336 Å². The first-order chi connectivity index (χ1) is 28.7. The van der Waals surface area contributed by atoms with Gasteiger partial charge in [-0.2, -0.15) is 5.26 Å². The van der Waals surface area contributed by atoms with Crippen molar-refractivity contribution in [2.24, 2.45) is 0 Å².